The van der Waals surface area contributed by atoms with Crippen molar-refractivity contribution >= 4 is 5.78 Å². The van der Waals surface area contributed by atoms with Gasteiger partial charge >= 0.3 is 0 Å². The third-order valence-corrected chi connectivity index (χ3v) is 4.76. The number of hydrogen-bond donors (Lipinski definition) is 0. The van der Waals surface area contributed by atoms with Gasteiger partial charge in [0.15, 0.2) is 5.78 Å². The summed E-state index contributed by atoms with van der Waals surface area (Å²) in [5.74, 6) is 0.450. The van der Waals surface area contributed by atoms with Gasteiger partial charge in [-0.1, -0.05) is 91.0 Å². The molecule has 0 aromatic heterocycles. The predicted molar refractivity (Wildman–Crippen MR) is 98.5 cm³/mol. The first kappa shape index (κ1) is 17.7. The van der Waals surface area contributed by atoms with Crippen molar-refractivity contribution in [3.8, 4) is 0 Å². The molecular formula is C22H30O. The first-order valence-corrected chi connectivity index (χ1v) is 8.55. The van der Waals surface area contributed by atoms with E-state index in [1.165, 1.54) is 11.1 Å². The summed E-state index contributed by atoms with van der Waals surface area (Å²) < 4.78 is 0. The van der Waals surface area contributed by atoms with Gasteiger partial charge in [0.1, 0.15) is 0 Å². The summed E-state index contributed by atoms with van der Waals surface area (Å²) in [6, 6.07) is 9.67. The smallest absolute Gasteiger partial charge is 0.169 e. The molecule has 0 spiro atoms. The summed E-state index contributed by atoms with van der Waals surface area (Å²) >= 11 is 0. The van der Waals surface area contributed by atoms with Gasteiger partial charge in [0.2, 0.25) is 0 Å². The van der Waals surface area contributed by atoms with Crippen LogP contribution in [0.4, 0.5) is 0 Å². The molecule has 1 aromatic carbocycles. The molecule has 0 saturated heterocycles. The standard InChI is InChI=1S/C22H30O/c1-15(20(23)16-11-9-8-10-12-16)19-17(21(2,3)4)13-14-18(19)22(5,6)7/h8-15,17H,1-7H3. The van der Waals surface area contributed by atoms with Crippen molar-refractivity contribution in [2.24, 2.45) is 22.7 Å². The summed E-state index contributed by atoms with van der Waals surface area (Å²) in [6.45, 7) is 15.5. The Balaban J connectivity index is 2.48. The highest BCUT2D eigenvalue weighted by atomic mass is 16.1. The quantitative estimate of drug-likeness (QED) is 0.618. The third kappa shape index (κ3) is 3.65. The van der Waals surface area contributed by atoms with Gasteiger partial charge in [0, 0.05) is 17.4 Å². The van der Waals surface area contributed by atoms with Crippen LogP contribution in [-0.4, -0.2) is 5.78 Å². The van der Waals surface area contributed by atoms with Crippen molar-refractivity contribution < 1.29 is 4.79 Å². The zero-order chi connectivity index (χ0) is 17.4. The molecule has 0 N–H and O–H groups in total. The molecule has 0 saturated carbocycles. The monoisotopic (exact) mass is 310 g/mol. The lowest BCUT2D eigenvalue weighted by atomic mass is 9.70. The zero-order valence-electron chi connectivity index (χ0n) is 15.6. The Labute approximate surface area is 141 Å². The number of benzene rings is 1. The third-order valence-electron chi connectivity index (χ3n) is 4.76. The van der Waals surface area contributed by atoms with Crippen LogP contribution in [0.15, 0.2) is 53.6 Å². The fourth-order valence-electron chi connectivity index (χ4n) is 3.49. The maximum atomic E-state index is 13.0. The molecule has 2 unspecified atom stereocenters. The molecule has 0 heterocycles. The molecule has 1 aromatic rings. The second-order valence-electron chi connectivity index (χ2n) is 8.77. The van der Waals surface area contributed by atoms with E-state index in [1.54, 1.807) is 0 Å². The fraction of sp³-hybridized carbons (Fsp3) is 0.500. The Kier molecular flexibility index (Phi) is 4.71. The number of Topliss-reactive ketones (excluding diaryl/α,β-unsaturated/α-hetero) is 1. The molecule has 1 aliphatic carbocycles. The van der Waals surface area contributed by atoms with Crippen LogP contribution in [0.1, 0.15) is 58.8 Å². The van der Waals surface area contributed by atoms with Gasteiger partial charge in [-0.25, -0.2) is 0 Å². The second-order valence-corrected chi connectivity index (χ2v) is 8.77. The Morgan fingerprint density at radius 1 is 1.00 bits per heavy atom. The zero-order valence-corrected chi connectivity index (χ0v) is 15.6. The Morgan fingerprint density at radius 3 is 2.04 bits per heavy atom. The minimum atomic E-state index is -0.0918. The highest BCUT2D eigenvalue weighted by Gasteiger charge is 2.38. The molecule has 0 fully saturated rings. The van der Waals surface area contributed by atoms with Gasteiger partial charge in [0.05, 0.1) is 0 Å². The van der Waals surface area contributed by atoms with E-state index < -0.39 is 0 Å². The van der Waals surface area contributed by atoms with Crippen LogP contribution in [0.2, 0.25) is 0 Å². The highest BCUT2D eigenvalue weighted by molar-refractivity contribution is 5.99. The Hall–Kier alpha value is -1.63. The average Bonchev–Trinajstić information content (AvgIpc) is 2.91. The predicted octanol–water partition coefficient (Wildman–Crippen LogP) is 6.08. The maximum absolute atomic E-state index is 13.0. The first-order valence-electron chi connectivity index (χ1n) is 8.55. The lowest BCUT2D eigenvalue weighted by molar-refractivity contribution is 0.0938. The molecule has 23 heavy (non-hydrogen) atoms. The van der Waals surface area contributed by atoms with Crippen LogP contribution in [0.25, 0.3) is 0 Å². The van der Waals surface area contributed by atoms with Crippen molar-refractivity contribution in [1.82, 2.24) is 0 Å². The molecular weight excluding hydrogens is 280 g/mol. The SMILES string of the molecule is CC(C(=O)c1ccccc1)C1=C(C(C)(C)C)C=CC1C(C)(C)C. The second kappa shape index (κ2) is 6.11. The fourth-order valence-corrected chi connectivity index (χ4v) is 3.49. The highest BCUT2D eigenvalue weighted by Crippen LogP contribution is 2.47. The molecule has 0 amide bonds. The van der Waals surface area contributed by atoms with Gasteiger partial charge < -0.3 is 0 Å². The normalized spacial score (nSPS) is 20.0. The molecule has 0 bridgehead atoms. The molecule has 124 valence electrons. The van der Waals surface area contributed by atoms with Crippen molar-refractivity contribution in [1.29, 1.82) is 0 Å². The number of hydrogen-bond acceptors (Lipinski definition) is 1. The average molecular weight is 310 g/mol. The van der Waals surface area contributed by atoms with Crippen LogP contribution in [-0.2, 0) is 0 Å². The number of rotatable bonds is 3. The van der Waals surface area contributed by atoms with E-state index in [0.717, 1.165) is 5.56 Å². The van der Waals surface area contributed by atoms with E-state index in [-0.39, 0.29) is 22.5 Å². The Bertz CT molecular complexity index is 633. The summed E-state index contributed by atoms with van der Waals surface area (Å²) in [6.07, 6.45) is 4.55. The lowest BCUT2D eigenvalue weighted by Gasteiger charge is -2.34. The Morgan fingerprint density at radius 2 is 1.57 bits per heavy atom. The number of allylic oxidation sites excluding steroid dienone is 4. The summed E-state index contributed by atoms with van der Waals surface area (Å²) in [5.41, 5.74) is 3.61. The minimum Gasteiger partial charge on any atom is -0.294 e. The summed E-state index contributed by atoms with van der Waals surface area (Å²) in [7, 11) is 0. The number of carbonyl (C=O) groups is 1. The molecule has 2 rings (SSSR count). The van der Waals surface area contributed by atoms with Gasteiger partial charge in [-0.15, -0.1) is 0 Å². The topological polar surface area (TPSA) is 17.1 Å². The minimum absolute atomic E-state index is 0.0526. The van der Waals surface area contributed by atoms with E-state index in [9.17, 15) is 4.79 Å². The molecule has 1 heteroatoms. The van der Waals surface area contributed by atoms with E-state index in [0.29, 0.717) is 5.92 Å². The van der Waals surface area contributed by atoms with Crippen molar-refractivity contribution in [3.63, 3.8) is 0 Å². The van der Waals surface area contributed by atoms with Gasteiger partial charge in [-0.2, -0.15) is 0 Å². The molecule has 0 aliphatic heterocycles. The summed E-state index contributed by atoms with van der Waals surface area (Å²) in [5, 5.41) is 0. The van der Waals surface area contributed by atoms with Crippen molar-refractivity contribution in [3.05, 3.63) is 59.2 Å². The van der Waals surface area contributed by atoms with Crippen molar-refractivity contribution in [2.45, 2.75) is 48.5 Å². The van der Waals surface area contributed by atoms with E-state index in [4.69, 9.17) is 0 Å². The van der Waals surface area contributed by atoms with E-state index in [1.807, 2.05) is 30.3 Å². The molecule has 1 aliphatic rings. The largest absolute Gasteiger partial charge is 0.294 e. The van der Waals surface area contributed by atoms with E-state index >= 15 is 0 Å². The molecule has 1 nitrogen and oxygen atoms in total. The maximum Gasteiger partial charge on any atom is 0.169 e. The number of ketones is 1. The van der Waals surface area contributed by atoms with Crippen LogP contribution in [0, 0.1) is 22.7 Å². The first-order chi connectivity index (χ1) is 10.5. The van der Waals surface area contributed by atoms with Crippen molar-refractivity contribution in [2.75, 3.05) is 0 Å². The van der Waals surface area contributed by atoms with Crippen LogP contribution in [0.5, 0.6) is 0 Å². The molecule has 0 radical (unpaired) electrons. The van der Waals surface area contributed by atoms with Crippen LogP contribution < -0.4 is 0 Å². The van der Waals surface area contributed by atoms with Crippen LogP contribution >= 0.6 is 0 Å². The van der Waals surface area contributed by atoms with E-state index in [2.05, 4.69) is 60.6 Å². The number of carbonyl (C=O) groups excluding carboxylic acids is 1. The van der Waals surface area contributed by atoms with Crippen LogP contribution in [0.3, 0.4) is 0 Å². The molecule has 2 atom stereocenters. The summed E-state index contributed by atoms with van der Waals surface area (Å²) in [4.78, 5) is 13.0. The van der Waals surface area contributed by atoms with Gasteiger partial charge in [-0.3, -0.25) is 4.79 Å². The van der Waals surface area contributed by atoms with Gasteiger partial charge in [-0.05, 0) is 22.0 Å². The lowest BCUT2D eigenvalue weighted by Crippen LogP contribution is -2.27. The van der Waals surface area contributed by atoms with Gasteiger partial charge in [0.25, 0.3) is 0 Å².